The first-order chi connectivity index (χ1) is 10.3. The highest BCUT2D eigenvalue weighted by Gasteiger charge is 2.24. The van der Waals surface area contributed by atoms with Crippen LogP contribution in [0.1, 0.15) is 57.4 Å². The Bertz CT molecular complexity index is 385. The predicted molar refractivity (Wildman–Crippen MR) is 87.6 cm³/mol. The van der Waals surface area contributed by atoms with E-state index in [2.05, 4.69) is 31.2 Å². The van der Waals surface area contributed by atoms with E-state index < -0.39 is 0 Å². The molecule has 0 spiro atoms. The summed E-state index contributed by atoms with van der Waals surface area (Å²) >= 11 is 0. The van der Waals surface area contributed by atoms with Gasteiger partial charge in [0, 0.05) is 7.11 Å². The number of unbranched alkanes of at least 4 members (excludes halogenated alkanes) is 1. The summed E-state index contributed by atoms with van der Waals surface area (Å²) in [4.78, 5) is 0. The monoisotopic (exact) mass is 290 g/mol. The van der Waals surface area contributed by atoms with Crippen molar-refractivity contribution in [2.45, 2.75) is 58.3 Å². The molecule has 1 aromatic rings. The fourth-order valence-corrected chi connectivity index (χ4v) is 3.55. The zero-order valence-corrected chi connectivity index (χ0v) is 13.6. The van der Waals surface area contributed by atoms with Gasteiger partial charge >= 0.3 is 0 Å². The summed E-state index contributed by atoms with van der Waals surface area (Å²) < 4.78 is 10.4. The molecule has 2 atom stereocenters. The molecule has 1 fully saturated rings. The normalized spacial score (nSPS) is 22.2. The molecule has 0 heterocycles. The van der Waals surface area contributed by atoms with Crippen molar-refractivity contribution in [3.8, 4) is 5.75 Å². The Morgan fingerprint density at radius 1 is 1.05 bits per heavy atom. The van der Waals surface area contributed by atoms with Crippen molar-refractivity contribution >= 4 is 0 Å². The van der Waals surface area contributed by atoms with Gasteiger partial charge in [0.05, 0.1) is 0 Å². The van der Waals surface area contributed by atoms with Crippen LogP contribution in [0.4, 0.5) is 0 Å². The third kappa shape index (κ3) is 5.35. The van der Waals surface area contributed by atoms with Crippen LogP contribution in [0.2, 0.25) is 0 Å². The van der Waals surface area contributed by atoms with E-state index in [0.29, 0.717) is 6.79 Å². The quantitative estimate of drug-likeness (QED) is 0.612. The van der Waals surface area contributed by atoms with Crippen LogP contribution in [-0.2, 0) is 11.2 Å². The number of ether oxygens (including phenoxy) is 2. The third-order valence-electron chi connectivity index (χ3n) is 4.76. The van der Waals surface area contributed by atoms with Crippen molar-refractivity contribution in [2.75, 3.05) is 13.9 Å². The minimum Gasteiger partial charge on any atom is -0.468 e. The molecular formula is C19H30O2. The van der Waals surface area contributed by atoms with Gasteiger partial charge in [0.25, 0.3) is 0 Å². The Labute approximate surface area is 129 Å². The topological polar surface area (TPSA) is 18.5 Å². The van der Waals surface area contributed by atoms with Gasteiger partial charge in [-0.3, -0.25) is 0 Å². The van der Waals surface area contributed by atoms with Crippen molar-refractivity contribution in [1.29, 1.82) is 0 Å². The zero-order valence-electron chi connectivity index (χ0n) is 13.6. The Kier molecular flexibility index (Phi) is 7.08. The van der Waals surface area contributed by atoms with Crippen LogP contribution >= 0.6 is 0 Å². The lowest BCUT2D eigenvalue weighted by molar-refractivity contribution is 0.0511. The average Bonchev–Trinajstić information content (AvgIpc) is 2.53. The van der Waals surface area contributed by atoms with Gasteiger partial charge in [-0.25, -0.2) is 0 Å². The number of rotatable bonds is 8. The van der Waals surface area contributed by atoms with Crippen LogP contribution in [0.15, 0.2) is 24.3 Å². The SMILES string of the molecule is CCCCC1CCCCC1Cc1ccc(OCOC)cc1. The lowest BCUT2D eigenvalue weighted by Gasteiger charge is -2.32. The Morgan fingerprint density at radius 2 is 1.76 bits per heavy atom. The smallest absolute Gasteiger partial charge is 0.188 e. The largest absolute Gasteiger partial charge is 0.468 e. The molecule has 1 aliphatic rings. The van der Waals surface area contributed by atoms with Gasteiger partial charge < -0.3 is 9.47 Å². The molecule has 1 aromatic carbocycles. The summed E-state index contributed by atoms with van der Waals surface area (Å²) in [6.45, 7) is 2.62. The zero-order chi connectivity index (χ0) is 14.9. The molecule has 21 heavy (non-hydrogen) atoms. The highest BCUT2D eigenvalue weighted by Crippen LogP contribution is 2.35. The summed E-state index contributed by atoms with van der Waals surface area (Å²) in [5.74, 6) is 2.73. The number of benzene rings is 1. The fourth-order valence-electron chi connectivity index (χ4n) is 3.55. The minimum atomic E-state index is 0.320. The van der Waals surface area contributed by atoms with Crippen molar-refractivity contribution in [3.05, 3.63) is 29.8 Å². The van der Waals surface area contributed by atoms with E-state index >= 15 is 0 Å². The maximum absolute atomic E-state index is 5.45. The van der Waals surface area contributed by atoms with E-state index in [1.807, 2.05) is 0 Å². The van der Waals surface area contributed by atoms with Crippen LogP contribution in [0.5, 0.6) is 5.75 Å². The van der Waals surface area contributed by atoms with Gasteiger partial charge in [-0.2, -0.15) is 0 Å². The highest BCUT2D eigenvalue weighted by atomic mass is 16.7. The van der Waals surface area contributed by atoms with E-state index in [1.54, 1.807) is 7.11 Å². The summed E-state index contributed by atoms with van der Waals surface area (Å²) in [5.41, 5.74) is 1.45. The molecule has 2 nitrogen and oxygen atoms in total. The molecule has 0 radical (unpaired) electrons. The third-order valence-corrected chi connectivity index (χ3v) is 4.76. The summed E-state index contributed by atoms with van der Waals surface area (Å²) in [7, 11) is 1.65. The molecule has 1 saturated carbocycles. The second-order valence-electron chi connectivity index (χ2n) is 6.35. The van der Waals surface area contributed by atoms with Gasteiger partial charge in [0.2, 0.25) is 0 Å². The van der Waals surface area contributed by atoms with Gasteiger partial charge in [-0.15, -0.1) is 0 Å². The molecule has 0 bridgehead atoms. The molecule has 0 aliphatic heterocycles. The number of hydrogen-bond donors (Lipinski definition) is 0. The Morgan fingerprint density at radius 3 is 2.43 bits per heavy atom. The molecule has 0 N–H and O–H groups in total. The maximum atomic E-state index is 5.45. The predicted octanol–water partition coefficient (Wildman–Crippen LogP) is 5.21. The first-order valence-electron chi connectivity index (χ1n) is 8.54. The van der Waals surface area contributed by atoms with Gasteiger partial charge in [0.1, 0.15) is 5.75 Å². The van der Waals surface area contributed by atoms with Crippen LogP contribution in [0.25, 0.3) is 0 Å². The van der Waals surface area contributed by atoms with Crippen LogP contribution in [0, 0.1) is 11.8 Å². The van der Waals surface area contributed by atoms with E-state index in [1.165, 1.54) is 56.9 Å². The molecule has 0 aromatic heterocycles. The molecule has 0 amide bonds. The standard InChI is InChI=1S/C19H30O2/c1-3-4-7-17-8-5-6-9-18(17)14-16-10-12-19(13-11-16)21-15-20-2/h10-13,17-18H,3-9,14-15H2,1-2H3. The van der Waals surface area contributed by atoms with Crippen LogP contribution in [0.3, 0.4) is 0 Å². The van der Waals surface area contributed by atoms with E-state index in [9.17, 15) is 0 Å². The second kappa shape index (κ2) is 9.09. The molecule has 2 unspecified atom stereocenters. The molecule has 1 aliphatic carbocycles. The maximum Gasteiger partial charge on any atom is 0.188 e. The second-order valence-corrected chi connectivity index (χ2v) is 6.35. The molecule has 2 heteroatoms. The van der Waals surface area contributed by atoms with E-state index in [0.717, 1.165) is 17.6 Å². The molecule has 0 saturated heterocycles. The summed E-state index contributed by atoms with van der Waals surface area (Å²) in [6.07, 6.45) is 11.1. The Hall–Kier alpha value is -1.02. The molecular weight excluding hydrogens is 260 g/mol. The van der Waals surface area contributed by atoms with Gasteiger partial charge in [-0.05, 0) is 42.4 Å². The van der Waals surface area contributed by atoms with Crippen molar-refractivity contribution < 1.29 is 9.47 Å². The lowest BCUT2D eigenvalue weighted by Crippen LogP contribution is -2.21. The van der Waals surface area contributed by atoms with Crippen molar-refractivity contribution in [1.82, 2.24) is 0 Å². The first kappa shape index (κ1) is 16.4. The van der Waals surface area contributed by atoms with E-state index in [4.69, 9.17) is 9.47 Å². The Balaban J connectivity index is 1.89. The summed E-state index contributed by atoms with van der Waals surface area (Å²) in [6, 6.07) is 8.57. The van der Waals surface area contributed by atoms with Gasteiger partial charge in [0.15, 0.2) is 6.79 Å². The van der Waals surface area contributed by atoms with Crippen LogP contribution in [-0.4, -0.2) is 13.9 Å². The average molecular weight is 290 g/mol. The first-order valence-corrected chi connectivity index (χ1v) is 8.54. The van der Waals surface area contributed by atoms with Crippen molar-refractivity contribution in [2.24, 2.45) is 11.8 Å². The molecule has 2 rings (SSSR count). The highest BCUT2D eigenvalue weighted by molar-refractivity contribution is 5.27. The lowest BCUT2D eigenvalue weighted by atomic mass is 9.74. The number of hydrogen-bond acceptors (Lipinski definition) is 2. The van der Waals surface area contributed by atoms with Crippen molar-refractivity contribution in [3.63, 3.8) is 0 Å². The minimum absolute atomic E-state index is 0.320. The van der Waals surface area contributed by atoms with E-state index in [-0.39, 0.29) is 0 Å². The van der Waals surface area contributed by atoms with Gasteiger partial charge in [-0.1, -0.05) is 57.6 Å². The number of methoxy groups -OCH3 is 1. The fraction of sp³-hybridized carbons (Fsp3) is 0.684. The summed E-state index contributed by atoms with van der Waals surface area (Å²) in [5, 5.41) is 0. The molecule has 118 valence electrons. The van der Waals surface area contributed by atoms with Crippen LogP contribution < -0.4 is 4.74 Å².